The molecule has 0 spiro atoms. The third-order valence-corrected chi connectivity index (χ3v) is 6.31. The molecule has 0 fully saturated rings. The van der Waals surface area contributed by atoms with Crippen molar-refractivity contribution >= 4 is 28.4 Å². The van der Waals surface area contributed by atoms with Gasteiger partial charge in [-0.25, -0.2) is 8.78 Å². The molecule has 4 nitrogen and oxygen atoms in total. The zero-order valence-corrected chi connectivity index (χ0v) is 19.0. The molecule has 1 heterocycles. The lowest BCUT2D eigenvalue weighted by atomic mass is 9.88. The minimum atomic E-state index is -5.14. The summed E-state index contributed by atoms with van der Waals surface area (Å²) in [6.45, 7) is 3.41. The number of halogens is 5. The molecular weight excluding hydrogens is 463 g/mol. The van der Waals surface area contributed by atoms with E-state index in [-0.39, 0.29) is 11.4 Å². The maximum atomic E-state index is 15.2. The first kappa shape index (κ1) is 25.0. The van der Waals surface area contributed by atoms with Gasteiger partial charge < -0.3 is 15.2 Å². The van der Waals surface area contributed by atoms with Gasteiger partial charge in [0.1, 0.15) is 0 Å². The van der Waals surface area contributed by atoms with Gasteiger partial charge in [0, 0.05) is 28.1 Å². The third-order valence-electron chi connectivity index (χ3n) is 5.26. The van der Waals surface area contributed by atoms with Crippen LogP contribution in [0, 0.1) is 18.6 Å². The highest BCUT2D eigenvalue weighted by Gasteiger charge is 2.59. The number of hydrogen-bond acceptors (Lipinski definition) is 5. The number of aromatic nitrogens is 1. The number of hydrogen-bond donors (Lipinski definition) is 2. The van der Waals surface area contributed by atoms with Crippen LogP contribution >= 0.6 is 11.8 Å². The van der Waals surface area contributed by atoms with Gasteiger partial charge in [-0.1, -0.05) is 19.1 Å². The molecule has 10 heteroatoms. The molecule has 2 N–H and O–H groups in total. The van der Waals surface area contributed by atoms with Crippen LogP contribution in [0.15, 0.2) is 42.5 Å². The standard InChI is InChI=1S/C23H23F5N2O2S/c1-4-33-12-22(31,23(26,27)28)21(15-10-11-16(24)20(32-3)19(15)25)30-18-7-5-6-17-14(18)9-8-13(2)29-17/h5-11,21,30-31H,4,12H2,1-3H3. The number of nitrogens with one attached hydrogen (secondary N) is 1. The van der Waals surface area contributed by atoms with Crippen LogP contribution in [-0.4, -0.2) is 40.5 Å². The number of pyridine rings is 1. The fourth-order valence-corrected chi connectivity index (χ4v) is 4.38. The molecule has 0 saturated heterocycles. The van der Waals surface area contributed by atoms with Crippen LogP contribution < -0.4 is 10.1 Å². The van der Waals surface area contributed by atoms with E-state index in [1.54, 1.807) is 38.1 Å². The number of rotatable bonds is 8. The Bertz CT molecular complexity index is 1140. The maximum Gasteiger partial charge on any atom is 0.420 e. The summed E-state index contributed by atoms with van der Waals surface area (Å²) in [5.41, 5.74) is -2.55. The molecule has 1 aromatic heterocycles. The Balaban J connectivity index is 2.25. The van der Waals surface area contributed by atoms with Crippen molar-refractivity contribution < 1.29 is 31.8 Å². The average Bonchev–Trinajstić information content (AvgIpc) is 2.75. The van der Waals surface area contributed by atoms with Gasteiger partial charge in [-0.15, -0.1) is 0 Å². The first-order valence-electron chi connectivity index (χ1n) is 10.0. The molecule has 2 aromatic carbocycles. The lowest BCUT2D eigenvalue weighted by Crippen LogP contribution is -2.55. The van der Waals surface area contributed by atoms with E-state index in [1.165, 1.54) is 6.07 Å². The van der Waals surface area contributed by atoms with Crippen molar-refractivity contribution in [2.75, 3.05) is 23.9 Å². The van der Waals surface area contributed by atoms with Crippen molar-refractivity contribution in [3.8, 4) is 5.75 Å². The van der Waals surface area contributed by atoms with Gasteiger partial charge in [0.25, 0.3) is 0 Å². The number of aryl methyl sites for hydroxylation is 1. The largest absolute Gasteiger partial charge is 0.491 e. The molecule has 0 saturated carbocycles. The van der Waals surface area contributed by atoms with E-state index in [1.807, 2.05) is 0 Å². The first-order valence-corrected chi connectivity index (χ1v) is 11.2. The van der Waals surface area contributed by atoms with Crippen LogP contribution in [0.4, 0.5) is 27.6 Å². The molecule has 0 aliphatic heterocycles. The van der Waals surface area contributed by atoms with Crippen LogP contribution in [0.3, 0.4) is 0 Å². The van der Waals surface area contributed by atoms with Crippen LogP contribution in [0.2, 0.25) is 0 Å². The Morgan fingerprint density at radius 2 is 1.85 bits per heavy atom. The van der Waals surface area contributed by atoms with Gasteiger partial charge in [-0.3, -0.25) is 4.98 Å². The number of anilines is 1. The maximum absolute atomic E-state index is 15.2. The Hall–Kier alpha value is -2.59. The number of alkyl halides is 3. The highest BCUT2D eigenvalue weighted by atomic mass is 32.2. The van der Waals surface area contributed by atoms with E-state index < -0.39 is 46.5 Å². The van der Waals surface area contributed by atoms with E-state index in [0.29, 0.717) is 16.6 Å². The van der Waals surface area contributed by atoms with E-state index in [0.717, 1.165) is 31.0 Å². The fourth-order valence-electron chi connectivity index (χ4n) is 3.54. The summed E-state index contributed by atoms with van der Waals surface area (Å²) in [6, 6.07) is 7.82. The second kappa shape index (κ2) is 9.72. The zero-order chi connectivity index (χ0) is 24.4. The summed E-state index contributed by atoms with van der Waals surface area (Å²) in [7, 11) is 1.01. The van der Waals surface area contributed by atoms with Crippen molar-refractivity contribution in [3.63, 3.8) is 0 Å². The van der Waals surface area contributed by atoms with Crippen molar-refractivity contribution in [1.29, 1.82) is 0 Å². The predicted octanol–water partition coefficient (Wildman–Crippen LogP) is 6.03. The minimum Gasteiger partial charge on any atom is -0.491 e. The van der Waals surface area contributed by atoms with Gasteiger partial charge >= 0.3 is 6.18 Å². The van der Waals surface area contributed by atoms with Crippen molar-refractivity contribution in [2.24, 2.45) is 0 Å². The molecule has 0 radical (unpaired) electrons. The summed E-state index contributed by atoms with van der Waals surface area (Å²) in [5.74, 6) is -3.71. The van der Waals surface area contributed by atoms with Gasteiger partial charge in [0.2, 0.25) is 0 Å². The number of thioether (sulfide) groups is 1. The van der Waals surface area contributed by atoms with Crippen LogP contribution in [0.25, 0.3) is 10.9 Å². The quantitative estimate of drug-likeness (QED) is 0.381. The molecule has 0 amide bonds. The number of aliphatic hydroxyl groups is 1. The number of benzene rings is 2. The molecule has 3 rings (SSSR count). The van der Waals surface area contributed by atoms with E-state index >= 15 is 4.39 Å². The van der Waals surface area contributed by atoms with Gasteiger partial charge in [-0.2, -0.15) is 24.9 Å². The third kappa shape index (κ3) is 4.86. The topological polar surface area (TPSA) is 54.4 Å². The van der Waals surface area contributed by atoms with Gasteiger partial charge in [0.15, 0.2) is 23.0 Å². The predicted molar refractivity (Wildman–Crippen MR) is 120 cm³/mol. The SMILES string of the molecule is CCSCC(O)(C(Nc1cccc2nc(C)ccc12)c1ccc(F)c(OC)c1F)C(F)(F)F. The number of ether oxygens (including phenoxy) is 1. The number of methoxy groups -OCH3 is 1. The number of fused-ring (bicyclic) bond motifs is 1. The Morgan fingerprint density at radius 1 is 1.12 bits per heavy atom. The normalized spacial score (nSPS) is 14.7. The number of nitrogens with zero attached hydrogens (tertiary/aromatic N) is 1. The zero-order valence-electron chi connectivity index (χ0n) is 18.1. The summed E-state index contributed by atoms with van der Waals surface area (Å²) in [6.07, 6.45) is -5.14. The first-order chi connectivity index (χ1) is 15.5. The highest BCUT2D eigenvalue weighted by molar-refractivity contribution is 7.99. The lowest BCUT2D eigenvalue weighted by molar-refractivity contribution is -0.256. The van der Waals surface area contributed by atoms with E-state index in [2.05, 4.69) is 10.3 Å². The van der Waals surface area contributed by atoms with E-state index in [4.69, 9.17) is 4.74 Å². The van der Waals surface area contributed by atoms with Crippen molar-refractivity contribution in [1.82, 2.24) is 4.98 Å². The average molecular weight is 487 g/mol. The van der Waals surface area contributed by atoms with Gasteiger partial charge in [0.05, 0.1) is 18.7 Å². The minimum absolute atomic E-state index is 0.205. The van der Waals surface area contributed by atoms with Crippen molar-refractivity contribution in [3.05, 3.63) is 65.4 Å². The Labute approximate surface area is 192 Å². The van der Waals surface area contributed by atoms with Gasteiger partial charge in [-0.05, 0) is 43.0 Å². The van der Waals surface area contributed by atoms with Crippen LogP contribution in [0.1, 0.15) is 24.2 Å². The molecule has 0 aliphatic rings. The van der Waals surface area contributed by atoms with E-state index in [9.17, 15) is 22.7 Å². The second-order valence-corrected chi connectivity index (χ2v) is 8.72. The molecule has 178 valence electrons. The summed E-state index contributed by atoms with van der Waals surface area (Å²) >= 11 is 0.850. The monoisotopic (exact) mass is 486 g/mol. The molecule has 2 atom stereocenters. The molecule has 2 unspecified atom stereocenters. The van der Waals surface area contributed by atoms with Crippen LogP contribution in [-0.2, 0) is 0 Å². The fraction of sp³-hybridized carbons (Fsp3) is 0.348. The lowest BCUT2D eigenvalue weighted by Gasteiger charge is -2.39. The molecule has 0 aliphatic carbocycles. The van der Waals surface area contributed by atoms with Crippen molar-refractivity contribution in [2.45, 2.75) is 31.7 Å². The second-order valence-electron chi connectivity index (χ2n) is 7.45. The Kier molecular flexibility index (Phi) is 7.38. The summed E-state index contributed by atoms with van der Waals surface area (Å²) in [4.78, 5) is 4.36. The smallest absolute Gasteiger partial charge is 0.420 e. The summed E-state index contributed by atoms with van der Waals surface area (Å²) in [5, 5.41) is 14.2. The molecule has 33 heavy (non-hydrogen) atoms. The molecule has 0 bridgehead atoms. The van der Waals surface area contributed by atoms with Crippen LogP contribution in [0.5, 0.6) is 5.75 Å². The summed E-state index contributed by atoms with van der Waals surface area (Å²) < 4.78 is 76.8. The molecular formula is C23H23F5N2O2S. The Morgan fingerprint density at radius 3 is 2.48 bits per heavy atom. The highest BCUT2D eigenvalue weighted by Crippen LogP contribution is 2.46. The molecule has 3 aromatic rings.